The average Bonchev–Trinajstić information content (AvgIpc) is 2.29. The van der Waals surface area contributed by atoms with Crippen LogP contribution in [0.4, 0.5) is 0 Å². The molecule has 2 rings (SSSR count). The van der Waals surface area contributed by atoms with Gasteiger partial charge in [0, 0.05) is 12.5 Å². The second kappa shape index (κ2) is 5.08. The van der Waals surface area contributed by atoms with Crippen LogP contribution in [-0.2, 0) is 11.3 Å². The van der Waals surface area contributed by atoms with Gasteiger partial charge in [-0.25, -0.2) is 4.98 Å². The molecule has 1 aromatic heterocycles. The second-order valence-electron chi connectivity index (χ2n) is 3.50. The fourth-order valence-electron chi connectivity index (χ4n) is 1.67. The van der Waals surface area contributed by atoms with Crippen molar-refractivity contribution >= 4 is 34.1 Å². The molecule has 0 saturated carbocycles. The molecule has 0 aliphatic heterocycles. The number of nitrogens with zero attached hydrogens (tertiary/aromatic N) is 1. The number of fused-ring (bicyclic) bond motifs is 1. The van der Waals surface area contributed by atoms with Crippen molar-refractivity contribution in [2.24, 2.45) is 0 Å². The molecule has 3 nitrogen and oxygen atoms in total. The summed E-state index contributed by atoms with van der Waals surface area (Å²) in [4.78, 5) is 4.44. The van der Waals surface area contributed by atoms with Crippen LogP contribution < -0.4 is 4.74 Å². The number of aromatic nitrogens is 1. The minimum absolute atomic E-state index is 0.394. The third kappa shape index (κ3) is 2.32. The lowest BCUT2D eigenvalue weighted by Crippen LogP contribution is -1.96. The molecule has 0 N–H and O–H groups in total. The first-order valence-corrected chi connectivity index (χ1v) is 5.73. The minimum atomic E-state index is 0.394. The molecular formula is C12H11Cl2NO2. The van der Waals surface area contributed by atoms with E-state index in [2.05, 4.69) is 4.98 Å². The zero-order valence-corrected chi connectivity index (χ0v) is 11.0. The molecule has 2 aromatic rings. The highest BCUT2D eigenvalue weighted by Crippen LogP contribution is 2.35. The molecule has 0 unspecified atom stereocenters. The predicted octanol–water partition coefficient (Wildman–Crippen LogP) is 3.70. The second-order valence-corrected chi connectivity index (χ2v) is 4.32. The van der Waals surface area contributed by atoms with Crippen molar-refractivity contribution in [3.8, 4) is 5.75 Å². The SMILES string of the molecule is COCc1cc(Cl)c2c(Cl)ccc(OC)c2n1. The molecule has 1 heterocycles. The first-order valence-electron chi connectivity index (χ1n) is 4.98. The molecule has 0 aliphatic carbocycles. The smallest absolute Gasteiger partial charge is 0.145 e. The summed E-state index contributed by atoms with van der Waals surface area (Å²) in [5.41, 5.74) is 1.39. The maximum atomic E-state index is 6.20. The topological polar surface area (TPSA) is 31.4 Å². The van der Waals surface area contributed by atoms with Crippen LogP contribution in [0.25, 0.3) is 10.9 Å². The van der Waals surface area contributed by atoms with Crippen LogP contribution in [0.5, 0.6) is 5.75 Å². The highest BCUT2D eigenvalue weighted by molar-refractivity contribution is 6.42. The molecule has 0 aliphatic rings. The lowest BCUT2D eigenvalue weighted by Gasteiger charge is -2.09. The average molecular weight is 272 g/mol. The lowest BCUT2D eigenvalue weighted by atomic mass is 10.2. The van der Waals surface area contributed by atoms with E-state index in [1.54, 1.807) is 32.4 Å². The summed E-state index contributed by atoms with van der Waals surface area (Å²) >= 11 is 12.3. The van der Waals surface area contributed by atoms with Gasteiger partial charge in [0.05, 0.1) is 29.5 Å². The van der Waals surface area contributed by atoms with Crippen molar-refractivity contribution in [2.75, 3.05) is 14.2 Å². The van der Waals surface area contributed by atoms with E-state index >= 15 is 0 Å². The molecule has 0 spiro atoms. The summed E-state index contributed by atoms with van der Waals surface area (Å²) < 4.78 is 10.3. The minimum Gasteiger partial charge on any atom is -0.494 e. The third-order valence-corrected chi connectivity index (χ3v) is 3.00. The molecule has 0 radical (unpaired) electrons. The largest absolute Gasteiger partial charge is 0.494 e. The van der Waals surface area contributed by atoms with Gasteiger partial charge in [-0.2, -0.15) is 0 Å². The molecule has 0 bridgehead atoms. The molecular weight excluding hydrogens is 261 g/mol. The Labute approximate surface area is 109 Å². The first kappa shape index (κ1) is 12.4. The standard InChI is InChI=1S/C12H11Cl2NO2/c1-16-6-7-5-9(14)11-8(13)3-4-10(17-2)12(11)15-7/h3-5H,6H2,1-2H3. The molecule has 1 aromatic carbocycles. The number of methoxy groups -OCH3 is 2. The Morgan fingerprint density at radius 1 is 1.18 bits per heavy atom. The highest BCUT2D eigenvalue weighted by Gasteiger charge is 2.12. The Morgan fingerprint density at radius 3 is 2.59 bits per heavy atom. The molecule has 0 atom stereocenters. The summed E-state index contributed by atoms with van der Waals surface area (Å²) in [6.07, 6.45) is 0. The van der Waals surface area contributed by atoms with Crippen molar-refractivity contribution in [3.63, 3.8) is 0 Å². The summed E-state index contributed by atoms with van der Waals surface area (Å²) in [5, 5.41) is 1.81. The van der Waals surface area contributed by atoms with Crippen LogP contribution in [0.1, 0.15) is 5.69 Å². The first-order chi connectivity index (χ1) is 8.17. The van der Waals surface area contributed by atoms with Crippen LogP contribution >= 0.6 is 23.2 Å². The van der Waals surface area contributed by atoms with E-state index in [1.165, 1.54) is 0 Å². The number of hydrogen-bond donors (Lipinski definition) is 0. The zero-order valence-electron chi connectivity index (χ0n) is 9.46. The maximum Gasteiger partial charge on any atom is 0.145 e. The molecule has 17 heavy (non-hydrogen) atoms. The van der Waals surface area contributed by atoms with Gasteiger partial charge in [0.2, 0.25) is 0 Å². The number of hydrogen-bond acceptors (Lipinski definition) is 3. The van der Waals surface area contributed by atoms with E-state index in [4.69, 9.17) is 32.7 Å². The Hall–Kier alpha value is -1.03. The Morgan fingerprint density at radius 2 is 1.94 bits per heavy atom. The maximum absolute atomic E-state index is 6.20. The Bertz CT molecular complexity index is 558. The molecule has 0 amide bonds. The third-order valence-electron chi connectivity index (χ3n) is 2.39. The van der Waals surface area contributed by atoms with Gasteiger partial charge < -0.3 is 9.47 Å². The van der Waals surface area contributed by atoms with Crippen molar-refractivity contribution in [1.29, 1.82) is 0 Å². The summed E-state index contributed by atoms with van der Waals surface area (Å²) in [6.45, 7) is 0.394. The van der Waals surface area contributed by atoms with Gasteiger partial charge in [-0.15, -0.1) is 0 Å². The van der Waals surface area contributed by atoms with Crippen molar-refractivity contribution in [3.05, 3.63) is 33.9 Å². The summed E-state index contributed by atoms with van der Waals surface area (Å²) in [6, 6.07) is 5.26. The van der Waals surface area contributed by atoms with Gasteiger partial charge in [-0.3, -0.25) is 0 Å². The van der Waals surface area contributed by atoms with E-state index in [9.17, 15) is 0 Å². The lowest BCUT2D eigenvalue weighted by molar-refractivity contribution is 0.182. The van der Waals surface area contributed by atoms with E-state index in [0.29, 0.717) is 33.3 Å². The van der Waals surface area contributed by atoms with Gasteiger partial charge in [0.25, 0.3) is 0 Å². The van der Waals surface area contributed by atoms with E-state index < -0.39 is 0 Å². The number of pyridine rings is 1. The van der Waals surface area contributed by atoms with Crippen LogP contribution in [0.3, 0.4) is 0 Å². The number of rotatable bonds is 3. The van der Waals surface area contributed by atoms with E-state index in [0.717, 1.165) is 5.69 Å². The normalized spacial score (nSPS) is 10.8. The molecule has 0 fully saturated rings. The van der Waals surface area contributed by atoms with Gasteiger partial charge in [-0.1, -0.05) is 23.2 Å². The van der Waals surface area contributed by atoms with Gasteiger partial charge in [0.1, 0.15) is 11.3 Å². The van der Waals surface area contributed by atoms with E-state index in [-0.39, 0.29) is 0 Å². The summed E-state index contributed by atoms with van der Waals surface area (Å²) in [5.74, 6) is 0.643. The van der Waals surface area contributed by atoms with Gasteiger partial charge in [-0.05, 0) is 18.2 Å². The number of halogens is 2. The van der Waals surface area contributed by atoms with Crippen molar-refractivity contribution < 1.29 is 9.47 Å². The quantitative estimate of drug-likeness (QED) is 0.853. The molecule has 5 heteroatoms. The van der Waals surface area contributed by atoms with Crippen molar-refractivity contribution in [1.82, 2.24) is 4.98 Å². The molecule has 0 saturated heterocycles. The predicted molar refractivity (Wildman–Crippen MR) is 69.0 cm³/mol. The van der Waals surface area contributed by atoms with Crippen LogP contribution in [0, 0.1) is 0 Å². The van der Waals surface area contributed by atoms with Gasteiger partial charge >= 0.3 is 0 Å². The zero-order chi connectivity index (χ0) is 12.4. The number of ether oxygens (including phenoxy) is 2. The monoisotopic (exact) mass is 271 g/mol. The van der Waals surface area contributed by atoms with Gasteiger partial charge in [0.15, 0.2) is 0 Å². The fraction of sp³-hybridized carbons (Fsp3) is 0.250. The van der Waals surface area contributed by atoms with Crippen LogP contribution in [0.15, 0.2) is 18.2 Å². The summed E-state index contributed by atoms with van der Waals surface area (Å²) in [7, 11) is 3.19. The van der Waals surface area contributed by atoms with Crippen LogP contribution in [-0.4, -0.2) is 19.2 Å². The van der Waals surface area contributed by atoms with Crippen LogP contribution in [0.2, 0.25) is 10.0 Å². The van der Waals surface area contributed by atoms with E-state index in [1.807, 2.05) is 0 Å². The Kier molecular flexibility index (Phi) is 3.72. The molecule has 90 valence electrons. The Balaban J connectivity index is 2.75. The fourth-order valence-corrected chi connectivity index (χ4v) is 2.29. The number of benzene rings is 1. The highest BCUT2D eigenvalue weighted by atomic mass is 35.5. The van der Waals surface area contributed by atoms with Crippen molar-refractivity contribution in [2.45, 2.75) is 6.61 Å².